The molecule has 0 aliphatic carbocycles. The third-order valence-electron chi connectivity index (χ3n) is 2.08. The molecule has 0 radical (unpaired) electrons. The van der Waals surface area contributed by atoms with Crippen molar-refractivity contribution in [1.82, 2.24) is 0 Å². The lowest BCUT2D eigenvalue weighted by Crippen LogP contribution is -2.29. The van der Waals surface area contributed by atoms with Crippen molar-refractivity contribution in [1.29, 1.82) is 0 Å². The van der Waals surface area contributed by atoms with Crippen LogP contribution in [0.15, 0.2) is 23.1 Å². The number of alkyl halides is 4. The zero-order valence-corrected chi connectivity index (χ0v) is 7.97. The summed E-state index contributed by atoms with van der Waals surface area (Å²) in [6, 6.07) is 3.97. The maximum atomic E-state index is 13.1. The molecule has 14 heavy (non-hydrogen) atoms. The molecule has 0 unspecified atom stereocenters. The molecule has 0 aromatic heterocycles. The van der Waals surface area contributed by atoms with Crippen LogP contribution in [-0.2, 0) is 5.92 Å². The van der Waals surface area contributed by atoms with E-state index in [0.717, 1.165) is 6.07 Å². The van der Waals surface area contributed by atoms with Gasteiger partial charge in [0.1, 0.15) is 0 Å². The molecule has 0 nitrogen and oxygen atoms in total. The van der Waals surface area contributed by atoms with Crippen LogP contribution >= 0.6 is 11.8 Å². The van der Waals surface area contributed by atoms with Gasteiger partial charge in [-0.05, 0) is 30.8 Å². The quantitative estimate of drug-likeness (QED) is 0.602. The predicted molar refractivity (Wildman–Crippen MR) is 45.9 cm³/mol. The van der Waals surface area contributed by atoms with Gasteiger partial charge in [0.25, 0.3) is 0 Å². The molecule has 76 valence electrons. The van der Waals surface area contributed by atoms with Gasteiger partial charge >= 0.3 is 11.2 Å². The summed E-state index contributed by atoms with van der Waals surface area (Å²) in [5.41, 5.74) is -0.00535. The summed E-state index contributed by atoms with van der Waals surface area (Å²) in [5.74, 6) is -4.06. The van der Waals surface area contributed by atoms with Crippen LogP contribution in [0.3, 0.4) is 0 Å². The second-order valence-electron chi connectivity index (χ2n) is 3.19. The second kappa shape index (κ2) is 2.66. The van der Waals surface area contributed by atoms with Crippen molar-refractivity contribution < 1.29 is 17.6 Å². The highest BCUT2D eigenvalue weighted by atomic mass is 32.2. The van der Waals surface area contributed by atoms with Crippen molar-refractivity contribution in [2.75, 3.05) is 0 Å². The summed E-state index contributed by atoms with van der Waals surface area (Å²) >= 11 is -0.0744. The predicted octanol–water partition coefficient (Wildman–Crippen LogP) is 3.79. The fraction of sp³-hybridized carbons (Fsp3) is 0.333. The van der Waals surface area contributed by atoms with Gasteiger partial charge in [-0.15, -0.1) is 0 Å². The molecule has 0 bridgehead atoms. The van der Waals surface area contributed by atoms with Crippen LogP contribution < -0.4 is 0 Å². The van der Waals surface area contributed by atoms with Gasteiger partial charge in [0.15, 0.2) is 0 Å². The van der Waals surface area contributed by atoms with Gasteiger partial charge < -0.3 is 0 Å². The number of rotatable bonds is 0. The molecular weight excluding hydrogens is 216 g/mol. The van der Waals surface area contributed by atoms with Gasteiger partial charge in [0.05, 0.1) is 0 Å². The van der Waals surface area contributed by atoms with E-state index in [1.165, 1.54) is 6.07 Å². The molecule has 0 saturated heterocycles. The third kappa shape index (κ3) is 1.15. The molecule has 1 heterocycles. The van der Waals surface area contributed by atoms with Crippen LogP contribution in [-0.4, -0.2) is 5.25 Å². The van der Waals surface area contributed by atoms with Gasteiger partial charge in [-0.25, -0.2) is 0 Å². The fourth-order valence-electron chi connectivity index (χ4n) is 1.34. The maximum Gasteiger partial charge on any atom is 0.364 e. The van der Waals surface area contributed by atoms with Crippen molar-refractivity contribution in [3.8, 4) is 0 Å². The van der Waals surface area contributed by atoms with Gasteiger partial charge in [0.2, 0.25) is 0 Å². The molecule has 1 aromatic carbocycles. The van der Waals surface area contributed by atoms with E-state index in [1.807, 2.05) is 0 Å². The molecule has 0 saturated carbocycles. The van der Waals surface area contributed by atoms with E-state index in [1.54, 1.807) is 13.0 Å². The molecule has 0 N–H and O–H groups in total. The van der Waals surface area contributed by atoms with Crippen molar-refractivity contribution in [3.05, 3.63) is 29.3 Å². The molecular formula is C9H6F4S. The maximum absolute atomic E-state index is 13.1. The number of aryl methyl sites for hydroxylation is 1. The van der Waals surface area contributed by atoms with Crippen LogP contribution in [0.1, 0.15) is 11.1 Å². The average Bonchev–Trinajstić information content (AvgIpc) is 2.22. The standard InChI is InChI=1S/C9H6F4S/c1-5-2-3-7-6(4-5)8(10,11)9(12,13)14-7/h2-4H,1H3. The lowest BCUT2D eigenvalue weighted by Gasteiger charge is -2.17. The van der Waals surface area contributed by atoms with E-state index in [0.29, 0.717) is 5.56 Å². The van der Waals surface area contributed by atoms with Crippen molar-refractivity contribution in [2.45, 2.75) is 23.0 Å². The number of halogens is 4. The van der Waals surface area contributed by atoms with Crippen molar-refractivity contribution in [2.24, 2.45) is 0 Å². The number of fused-ring (bicyclic) bond motifs is 1. The van der Waals surface area contributed by atoms with Gasteiger partial charge in [-0.1, -0.05) is 11.6 Å². The van der Waals surface area contributed by atoms with Crippen LogP contribution in [0, 0.1) is 6.92 Å². The summed E-state index contributed by atoms with van der Waals surface area (Å²) in [6.45, 7) is 1.59. The fourth-order valence-corrected chi connectivity index (χ4v) is 2.28. The Labute approximate surface area is 82.3 Å². The number of hydrogen-bond acceptors (Lipinski definition) is 1. The van der Waals surface area contributed by atoms with E-state index in [-0.39, 0.29) is 16.7 Å². The van der Waals surface area contributed by atoms with Crippen LogP contribution in [0.2, 0.25) is 0 Å². The average molecular weight is 222 g/mol. The first-order valence-electron chi connectivity index (χ1n) is 3.90. The van der Waals surface area contributed by atoms with E-state index >= 15 is 0 Å². The Balaban J connectivity index is 2.62. The van der Waals surface area contributed by atoms with E-state index < -0.39 is 16.7 Å². The molecule has 5 heteroatoms. The Morgan fingerprint density at radius 3 is 2.43 bits per heavy atom. The topological polar surface area (TPSA) is 0 Å². The minimum Gasteiger partial charge on any atom is -0.193 e. The summed E-state index contributed by atoms with van der Waals surface area (Å²) in [5, 5.41) is -4.02. The Bertz CT molecular complexity index is 386. The highest BCUT2D eigenvalue weighted by Crippen LogP contribution is 2.60. The van der Waals surface area contributed by atoms with Crippen molar-refractivity contribution >= 4 is 11.8 Å². The largest absolute Gasteiger partial charge is 0.364 e. The number of benzene rings is 1. The van der Waals surface area contributed by atoms with Gasteiger partial charge in [-0.3, -0.25) is 0 Å². The monoisotopic (exact) mass is 222 g/mol. The molecule has 0 fully saturated rings. The third-order valence-corrected chi connectivity index (χ3v) is 3.17. The lowest BCUT2D eigenvalue weighted by atomic mass is 10.1. The minimum atomic E-state index is -4.06. The first-order chi connectivity index (χ1) is 6.34. The zero-order chi connectivity index (χ0) is 10.6. The van der Waals surface area contributed by atoms with Crippen LogP contribution in [0.25, 0.3) is 0 Å². The van der Waals surface area contributed by atoms with Crippen molar-refractivity contribution in [3.63, 3.8) is 0 Å². The van der Waals surface area contributed by atoms with E-state index in [2.05, 4.69) is 0 Å². The van der Waals surface area contributed by atoms with Gasteiger partial charge in [-0.2, -0.15) is 17.6 Å². The SMILES string of the molecule is Cc1ccc2c(c1)C(F)(F)C(F)(F)S2. The van der Waals surface area contributed by atoms with Crippen LogP contribution in [0.4, 0.5) is 17.6 Å². The molecule has 0 spiro atoms. The summed E-state index contributed by atoms with van der Waals surface area (Å²) in [4.78, 5) is -0.0365. The highest BCUT2D eigenvalue weighted by Gasteiger charge is 2.64. The summed E-state index contributed by atoms with van der Waals surface area (Å²) < 4.78 is 52.0. The first kappa shape index (κ1) is 9.83. The normalized spacial score (nSPS) is 22.1. The van der Waals surface area contributed by atoms with Gasteiger partial charge in [0, 0.05) is 10.5 Å². The molecule has 1 aromatic rings. The first-order valence-corrected chi connectivity index (χ1v) is 4.72. The van der Waals surface area contributed by atoms with E-state index in [9.17, 15) is 17.6 Å². The summed E-state index contributed by atoms with van der Waals surface area (Å²) in [7, 11) is 0. The Kier molecular flexibility index (Phi) is 1.86. The van der Waals surface area contributed by atoms with E-state index in [4.69, 9.17) is 0 Å². The Hall–Kier alpha value is -0.710. The lowest BCUT2D eigenvalue weighted by molar-refractivity contribution is -0.154. The molecule has 0 atom stereocenters. The molecule has 0 amide bonds. The molecule has 1 aliphatic heterocycles. The number of thioether (sulfide) groups is 1. The number of hydrogen-bond donors (Lipinski definition) is 0. The van der Waals surface area contributed by atoms with Crippen LogP contribution in [0.5, 0.6) is 0 Å². The minimum absolute atomic E-state index is 0.0365. The smallest absolute Gasteiger partial charge is 0.193 e. The highest BCUT2D eigenvalue weighted by molar-refractivity contribution is 8.00. The molecule has 1 aliphatic rings. The second-order valence-corrected chi connectivity index (χ2v) is 4.35. The zero-order valence-electron chi connectivity index (χ0n) is 7.15. The Morgan fingerprint density at radius 1 is 1.14 bits per heavy atom. The Morgan fingerprint density at radius 2 is 1.79 bits per heavy atom. The molecule has 2 rings (SSSR count). The summed E-state index contributed by atoms with van der Waals surface area (Å²) in [6.07, 6.45) is 0.